The van der Waals surface area contributed by atoms with Crippen LogP contribution in [0.3, 0.4) is 0 Å². The van der Waals surface area contributed by atoms with Crippen molar-refractivity contribution in [3.63, 3.8) is 0 Å². The van der Waals surface area contributed by atoms with Gasteiger partial charge in [-0.1, -0.05) is 114 Å². The lowest BCUT2D eigenvalue weighted by molar-refractivity contribution is -0.349. The van der Waals surface area contributed by atoms with Crippen LogP contribution in [0.2, 0.25) is 15.1 Å². The lowest BCUT2D eigenvalue weighted by atomic mass is 9.92. The molecule has 9 rings (SSSR count). The Hall–Kier alpha value is -11.6. The third-order valence-corrected chi connectivity index (χ3v) is 18.7. The molecule has 0 fully saturated rings. The van der Waals surface area contributed by atoms with Gasteiger partial charge in [-0.3, -0.25) is 43.5 Å². The lowest BCUT2D eigenvalue weighted by Gasteiger charge is -2.32. The molecule has 3 N–H and O–H groups in total. The molecule has 0 unspecified atom stereocenters. The second kappa shape index (κ2) is 37.4. The maximum absolute atomic E-state index is 15.3. The van der Waals surface area contributed by atoms with Crippen LogP contribution in [0.4, 0.5) is 139 Å². The molecule has 9 aromatic carbocycles. The van der Waals surface area contributed by atoms with Crippen molar-refractivity contribution < 1.29 is 134 Å². The van der Waals surface area contributed by atoms with Gasteiger partial charge in [-0.2, -0.15) is 94.8 Å². The summed E-state index contributed by atoms with van der Waals surface area (Å²) in [6, 6.07) is 37.7. The lowest BCUT2D eigenvalue weighted by Crippen LogP contribution is -2.50. The van der Waals surface area contributed by atoms with Crippen LogP contribution in [0.25, 0.3) is 0 Å². The Morgan fingerprint density at radius 1 is 0.342 bits per heavy atom. The number of anilines is 6. The van der Waals surface area contributed by atoms with Crippen LogP contribution in [0, 0.1) is 58.4 Å². The molecular weight excluding hydrogens is 1860 g/mol. The molecule has 0 radical (unpaired) electrons. The molecule has 0 aliphatic carbocycles. The summed E-state index contributed by atoms with van der Waals surface area (Å²) in [4.78, 5) is 78.5. The van der Waals surface area contributed by atoms with Gasteiger partial charge in [0.25, 0.3) is 35.4 Å². The fourth-order valence-corrected chi connectivity index (χ4v) is 13.5. The predicted octanol–water partition coefficient (Wildman–Crippen LogP) is 23.4. The van der Waals surface area contributed by atoms with Crippen molar-refractivity contribution in [2.45, 2.75) is 61.0 Å². The summed E-state index contributed by atoms with van der Waals surface area (Å²) in [6.07, 6.45) is -38.6. The number of halogens is 29. The van der Waals surface area contributed by atoms with E-state index in [1.807, 2.05) is 0 Å². The highest BCUT2D eigenvalue weighted by molar-refractivity contribution is 9.11. The van der Waals surface area contributed by atoms with Crippen LogP contribution in [0.15, 0.2) is 191 Å². The first-order chi connectivity index (χ1) is 55.6. The summed E-state index contributed by atoms with van der Waals surface area (Å²) in [5, 5.41) is 31.4. The zero-order chi connectivity index (χ0) is 90.1. The normalized spacial score (nSPS) is 12.0. The molecule has 9 aromatic rings. The number of nitrogens with zero attached hydrogens (tertiary/aromatic N) is 6. The highest BCUT2D eigenvalue weighted by Gasteiger charge is 2.76. The van der Waals surface area contributed by atoms with Gasteiger partial charge in [0.05, 0.1) is 84.1 Å². The average molecular weight is 1900 g/mol. The first-order valence-corrected chi connectivity index (χ1v) is 35.1. The van der Waals surface area contributed by atoms with E-state index in [4.69, 9.17) is 34.8 Å². The van der Waals surface area contributed by atoms with Gasteiger partial charge in [0, 0.05) is 42.3 Å². The second-order valence-corrected chi connectivity index (χ2v) is 27.2. The molecule has 15 nitrogen and oxygen atoms in total. The third-order valence-electron chi connectivity index (χ3n) is 16.6. The van der Waals surface area contributed by atoms with Crippen molar-refractivity contribution in [2.24, 2.45) is 0 Å². The zero-order valence-electron chi connectivity index (χ0n) is 59.0. The minimum atomic E-state index is -6.48. The van der Waals surface area contributed by atoms with Crippen LogP contribution in [0.5, 0.6) is 0 Å². The summed E-state index contributed by atoms with van der Waals surface area (Å²) in [5.74, 6) is -9.84. The number of aryl methyl sites for hydroxylation is 1. The van der Waals surface area contributed by atoms with Crippen molar-refractivity contribution in [3.05, 3.63) is 279 Å². The fourth-order valence-electron chi connectivity index (χ4n) is 10.9. The molecular formula is C76H42Br2Cl3F24N9O6. The van der Waals surface area contributed by atoms with E-state index in [9.17, 15) is 137 Å². The number of benzene rings is 9. The monoisotopic (exact) mass is 1900 g/mol. The van der Waals surface area contributed by atoms with E-state index in [0.717, 1.165) is 49.4 Å². The molecule has 44 heteroatoms. The number of hydrogen-bond donors (Lipinski definition) is 3. The molecule has 0 saturated heterocycles. The van der Waals surface area contributed by atoms with Crippen molar-refractivity contribution in [2.75, 3.05) is 50.3 Å². The van der Waals surface area contributed by atoms with Crippen LogP contribution in [0.1, 0.15) is 84.4 Å². The summed E-state index contributed by atoms with van der Waals surface area (Å²) in [7, 11) is 0. The number of carbonyl (C=O) groups excluding carboxylic acids is 6. The first-order valence-electron chi connectivity index (χ1n) is 32.4. The Balaban J connectivity index is 0.000000248. The van der Waals surface area contributed by atoms with E-state index in [1.54, 1.807) is 66.7 Å². The molecule has 120 heavy (non-hydrogen) atoms. The molecule has 0 aliphatic rings. The summed E-state index contributed by atoms with van der Waals surface area (Å²) in [6.45, 7) is -1.70. The van der Waals surface area contributed by atoms with Gasteiger partial charge in [-0.15, -0.1) is 0 Å². The first kappa shape index (κ1) is 95.6. The SMILES string of the molecule is Cc1cc(C(F)(C(F)(F)F)C(F)(F)F)cc(Br)c1N(CC#N)C(=O)c1cccc(NC(=O)c2ccccc2)c1F.N#CCN(C(=O)c1cccc(NC(=O)c2ccccc2)c1F)c1c(Cl)cc(C(F)(C(F)(F)F)C(F)(F)F)cc1Br.N#CCN(C(=O)c1cccc(NC(=O)c2ccccc2)c1F)c1c(Cl)cc(C(F)(C(F)(F)F)C(F)(F)F)cc1Cl. The van der Waals surface area contributed by atoms with E-state index >= 15 is 13.2 Å². The van der Waals surface area contributed by atoms with Gasteiger partial charge < -0.3 is 16.0 Å². The predicted molar refractivity (Wildman–Crippen MR) is 393 cm³/mol. The van der Waals surface area contributed by atoms with E-state index < -0.39 is 224 Å². The third kappa shape index (κ3) is 20.0. The summed E-state index contributed by atoms with van der Waals surface area (Å²) < 4.78 is 327. The van der Waals surface area contributed by atoms with Gasteiger partial charge in [0.2, 0.25) is 0 Å². The van der Waals surface area contributed by atoms with Crippen molar-refractivity contribution in [3.8, 4) is 18.2 Å². The number of nitrogens with one attached hydrogen (secondary N) is 3. The fraction of sp³-hybridized carbons (Fsp3) is 0.171. The van der Waals surface area contributed by atoms with Gasteiger partial charge in [0.15, 0.2) is 17.5 Å². The van der Waals surface area contributed by atoms with Gasteiger partial charge in [-0.05, 0) is 147 Å². The number of amides is 6. The number of carbonyl (C=O) groups is 6. The molecule has 0 saturated carbocycles. The number of nitriles is 3. The molecule has 0 aliphatic heterocycles. The number of hydrogen-bond acceptors (Lipinski definition) is 9. The average Bonchev–Trinajstić information content (AvgIpc) is 0.743. The van der Waals surface area contributed by atoms with E-state index in [-0.39, 0.29) is 53.1 Å². The highest BCUT2D eigenvalue weighted by atomic mass is 79.9. The Bertz CT molecular complexity index is 4890. The van der Waals surface area contributed by atoms with Crippen LogP contribution < -0.4 is 30.7 Å². The zero-order valence-corrected chi connectivity index (χ0v) is 64.5. The van der Waals surface area contributed by atoms with Gasteiger partial charge in [0.1, 0.15) is 19.6 Å². The molecule has 6 amide bonds. The Labute approximate surface area is 691 Å². The smallest absolute Gasteiger partial charge is 0.319 e. The van der Waals surface area contributed by atoms with E-state index in [0.29, 0.717) is 14.7 Å². The highest BCUT2D eigenvalue weighted by Crippen LogP contribution is 2.58. The molecule has 0 bridgehead atoms. The van der Waals surface area contributed by atoms with E-state index in [2.05, 4.69) is 47.8 Å². The molecule has 0 spiro atoms. The minimum Gasteiger partial charge on any atom is -0.319 e. The summed E-state index contributed by atoms with van der Waals surface area (Å²) >= 11 is 23.1. The Kier molecular flexibility index (Phi) is 29.8. The van der Waals surface area contributed by atoms with Crippen LogP contribution >= 0.6 is 66.7 Å². The van der Waals surface area contributed by atoms with Crippen molar-refractivity contribution >= 4 is 136 Å². The van der Waals surface area contributed by atoms with Crippen molar-refractivity contribution in [1.82, 2.24) is 0 Å². The van der Waals surface area contributed by atoms with Crippen molar-refractivity contribution in [1.29, 1.82) is 15.8 Å². The van der Waals surface area contributed by atoms with Crippen LogP contribution in [-0.4, -0.2) is 92.1 Å². The standard InChI is InChI=1S/C26H16BrF8N3O2.C25H13BrClF8N3O2.C25H13Cl2F8N3O2/c1-14-12-16(24(29,25(30,31)32)26(33,34)35)13-18(27)21(14)38(11-10-36)23(40)17-8-5-9-19(20(17)28)37-22(39)15-6-3-2-4-7-15;2*26-16-11-14(23(29,24(30,31)32)25(33,34)35)12-17(27)20(16)38(10-9-36)22(40)15-7-4-8-18(19(15)28)37-21(39)13-5-2-1-3-6-13/h2-9,12-13H,11H2,1H3,(H,37,39);2*1-8,11-12H,10H2,(H,37,39). The van der Waals surface area contributed by atoms with Crippen LogP contribution in [-0.2, 0) is 17.0 Å². The topological polar surface area (TPSA) is 220 Å². The van der Waals surface area contributed by atoms with Gasteiger partial charge >= 0.3 is 54.1 Å². The minimum absolute atomic E-state index is 0.00709. The summed E-state index contributed by atoms with van der Waals surface area (Å²) in [5.41, 5.74) is -28.6. The molecule has 0 atom stereocenters. The Morgan fingerprint density at radius 3 is 0.825 bits per heavy atom. The maximum atomic E-state index is 15.3. The second-order valence-electron chi connectivity index (χ2n) is 24.3. The number of alkyl halides is 21. The molecule has 0 aromatic heterocycles. The number of rotatable bonds is 18. The maximum Gasteiger partial charge on any atom is 0.435 e. The quantitative estimate of drug-likeness (QED) is 0.0549. The van der Waals surface area contributed by atoms with Gasteiger partial charge in [-0.25, -0.2) is 26.3 Å². The molecule has 0 heterocycles. The Morgan fingerprint density at radius 2 is 0.575 bits per heavy atom. The molecule has 630 valence electrons. The van der Waals surface area contributed by atoms with E-state index in [1.165, 1.54) is 54.6 Å². The largest absolute Gasteiger partial charge is 0.435 e.